The fraction of sp³-hybridized carbons (Fsp3) is 0.238. The minimum absolute atomic E-state index is 0.0717. The van der Waals surface area contributed by atoms with E-state index in [4.69, 9.17) is 0 Å². The number of aromatic nitrogens is 3. The van der Waals surface area contributed by atoms with Crippen LogP contribution >= 0.6 is 27.3 Å². The molecule has 0 radical (unpaired) electrons. The van der Waals surface area contributed by atoms with Crippen LogP contribution in [-0.2, 0) is 17.9 Å². The summed E-state index contributed by atoms with van der Waals surface area (Å²) < 4.78 is 2.89. The van der Waals surface area contributed by atoms with Gasteiger partial charge >= 0.3 is 0 Å². The molecule has 0 aliphatic carbocycles. The molecule has 0 fully saturated rings. The van der Waals surface area contributed by atoms with E-state index in [1.807, 2.05) is 44.2 Å². The number of rotatable bonds is 4. The third-order valence-corrected chi connectivity index (χ3v) is 6.64. The maximum Gasteiger partial charge on any atom is 0.272 e. The van der Waals surface area contributed by atoms with E-state index in [2.05, 4.69) is 31.2 Å². The Balaban J connectivity index is 1.66. The summed E-state index contributed by atoms with van der Waals surface area (Å²) in [5.41, 5.74) is 3.39. The van der Waals surface area contributed by atoms with Gasteiger partial charge in [-0.05, 0) is 44.0 Å². The zero-order valence-corrected chi connectivity index (χ0v) is 18.6. The molecule has 8 heteroatoms. The van der Waals surface area contributed by atoms with E-state index in [9.17, 15) is 9.59 Å². The van der Waals surface area contributed by atoms with E-state index in [1.54, 1.807) is 6.92 Å². The zero-order chi connectivity index (χ0) is 20.7. The first-order valence-electron chi connectivity index (χ1n) is 9.13. The third-order valence-electron chi connectivity index (χ3n) is 4.80. The van der Waals surface area contributed by atoms with Gasteiger partial charge in [-0.2, -0.15) is 0 Å². The number of pyridine rings is 1. The Morgan fingerprint density at radius 3 is 2.72 bits per heavy atom. The van der Waals surface area contributed by atoms with Crippen molar-refractivity contribution in [3.8, 4) is 0 Å². The van der Waals surface area contributed by atoms with Gasteiger partial charge in [-0.1, -0.05) is 34.1 Å². The minimum atomic E-state index is -0.238. The van der Waals surface area contributed by atoms with Crippen molar-refractivity contribution in [2.75, 3.05) is 0 Å². The summed E-state index contributed by atoms with van der Waals surface area (Å²) in [6.07, 6.45) is 0. The van der Waals surface area contributed by atoms with Crippen molar-refractivity contribution in [2.24, 2.45) is 0 Å². The number of nitrogens with one attached hydrogen (secondary N) is 1. The van der Waals surface area contributed by atoms with E-state index in [-0.39, 0.29) is 18.0 Å². The van der Waals surface area contributed by atoms with Crippen molar-refractivity contribution in [1.82, 2.24) is 19.9 Å². The van der Waals surface area contributed by atoms with E-state index < -0.39 is 0 Å². The topological polar surface area (TPSA) is 76.9 Å². The van der Waals surface area contributed by atoms with Gasteiger partial charge in [0.15, 0.2) is 0 Å². The van der Waals surface area contributed by atoms with Crippen molar-refractivity contribution < 1.29 is 4.79 Å². The van der Waals surface area contributed by atoms with Crippen LogP contribution in [0.2, 0.25) is 0 Å². The predicted octanol–water partition coefficient (Wildman–Crippen LogP) is 4.01. The Kier molecular flexibility index (Phi) is 5.23. The highest BCUT2D eigenvalue weighted by molar-refractivity contribution is 9.10. The number of carbonyl (C=O) groups excluding carboxylic acids is 1. The molecule has 0 atom stereocenters. The first-order valence-corrected chi connectivity index (χ1v) is 10.7. The summed E-state index contributed by atoms with van der Waals surface area (Å²) in [5, 5.41) is 3.79. The monoisotopic (exact) mass is 470 g/mol. The van der Waals surface area contributed by atoms with Gasteiger partial charge in [-0.25, -0.2) is 9.97 Å². The molecule has 0 aliphatic heterocycles. The number of fused-ring (bicyclic) bond motifs is 3. The Hall–Kier alpha value is -2.58. The van der Waals surface area contributed by atoms with Gasteiger partial charge in [0.05, 0.1) is 5.52 Å². The molecular weight excluding hydrogens is 452 g/mol. The summed E-state index contributed by atoms with van der Waals surface area (Å²) in [7, 11) is 0. The second-order valence-corrected chi connectivity index (χ2v) is 8.81. The highest BCUT2D eigenvalue weighted by atomic mass is 79.9. The standard InChI is InChI=1S/C21H19BrN4O2S/c1-11-8-12(2)24-20-17(11)18-19(29-20)21(28)26(13(3)25-18)10-16(27)23-9-14-6-4-5-7-15(14)22/h4-8H,9-10H2,1-3H3,(H,23,27). The number of nitrogens with zero attached hydrogens (tertiary/aromatic N) is 3. The lowest BCUT2D eigenvalue weighted by molar-refractivity contribution is -0.121. The molecule has 0 saturated heterocycles. The van der Waals surface area contributed by atoms with Gasteiger partial charge in [0.2, 0.25) is 5.91 Å². The highest BCUT2D eigenvalue weighted by Gasteiger charge is 2.18. The Labute approximate surface area is 179 Å². The Bertz CT molecular complexity index is 1330. The SMILES string of the molecule is Cc1cc(C)c2c(n1)sc1c(=O)n(CC(=O)NCc3ccccc3Br)c(C)nc12. The van der Waals surface area contributed by atoms with Gasteiger partial charge in [-0.3, -0.25) is 14.2 Å². The van der Waals surface area contributed by atoms with Gasteiger partial charge in [0.1, 0.15) is 21.9 Å². The lowest BCUT2D eigenvalue weighted by atomic mass is 10.1. The molecule has 0 aliphatic rings. The largest absolute Gasteiger partial charge is 0.350 e. The number of thiophene rings is 1. The lowest BCUT2D eigenvalue weighted by Crippen LogP contribution is -2.33. The fourth-order valence-corrected chi connectivity index (χ4v) is 5.00. The zero-order valence-electron chi connectivity index (χ0n) is 16.2. The van der Waals surface area contributed by atoms with Crippen LogP contribution < -0.4 is 10.9 Å². The van der Waals surface area contributed by atoms with Crippen LogP contribution in [0.15, 0.2) is 39.6 Å². The summed E-state index contributed by atoms with van der Waals surface area (Å²) in [4.78, 5) is 35.6. The quantitative estimate of drug-likeness (QED) is 0.488. The molecule has 3 aromatic heterocycles. The molecule has 0 bridgehead atoms. The number of amides is 1. The maximum absolute atomic E-state index is 13.1. The van der Waals surface area contributed by atoms with Gasteiger partial charge < -0.3 is 5.32 Å². The first-order chi connectivity index (χ1) is 13.8. The van der Waals surface area contributed by atoms with E-state index in [0.29, 0.717) is 22.6 Å². The average Bonchev–Trinajstić information content (AvgIpc) is 3.03. The van der Waals surface area contributed by atoms with Crippen molar-refractivity contribution in [3.63, 3.8) is 0 Å². The Morgan fingerprint density at radius 1 is 1.21 bits per heavy atom. The molecule has 29 heavy (non-hydrogen) atoms. The van der Waals surface area contributed by atoms with Crippen LogP contribution in [0.4, 0.5) is 0 Å². The molecule has 148 valence electrons. The molecule has 1 amide bonds. The molecule has 1 aromatic carbocycles. The molecule has 1 N–H and O–H groups in total. The van der Waals surface area contributed by atoms with Crippen LogP contribution in [0.5, 0.6) is 0 Å². The van der Waals surface area contributed by atoms with Crippen LogP contribution in [0.25, 0.3) is 20.4 Å². The van der Waals surface area contributed by atoms with E-state index >= 15 is 0 Å². The highest BCUT2D eigenvalue weighted by Crippen LogP contribution is 2.32. The predicted molar refractivity (Wildman–Crippen MR) is 119 cm³/mol. The summed E-state index contributed by atoms with van der Waals surface area (Å²) in [5.74, 6) is 0.275. The second-order valence-electron chi connectivity index (χ2n) is 6.96. The molecule has 4 rings (SSSR count). The molecule has 0 spiro atoms. The van der Waals surface area contributed by atoms with Crippen LogP contribution in [0.3, 0.4) is 0 Å². The number of carbonyl (C=O) groups is 1. The van der Waals surface area contributed by atoms with Crippen LogP contribution in [0.1, 0.15) is 22.6 Å². The van der Waals surface area contributed by atoms with Crippen molar-refractivity contribution in [3.05, 3.63) is 67.8 Å². The van der Waals surface area contributed by atoms with Crippen molar-refractivity contribution >= 4 is 53.6 Å². The van der Waals surface area contributed by atoms with E-state index in [0.717, 1.165) is 31.5 Å². The minimum Gasteiger partial charge on any atom is -0.350 e. The summed E-state index contributed by atoms with van der Waals surface area (Å²) >= 11 is 4.80. The summed E-state index contributed by atoms with van der Waals surface area (Å²) in [6, 6.07) is 9.68. The van der Waals surface area contributed by atoms with Gasteiger partial charge in [0.25, 0.3) is 5.56 Å². The van der Waals surface area contributed by atoms with Gasteiger partial charge in [-0.15, -0.1) is 11.3 Å². The van der Waals surface area contributed by atoms with Crippen LogP contribution in [-0.4, -0.2) is 20.4 Å². The normalized spacial score (nSPS) is 11.3. The maximum atomic E-state index is 13.1. The van der Waals surface area contributed by atoms with Crippen molar-refractivity contribution in [2.45, 2.75) is 33.9 Å². The number of hydrogen-bond acceptors (Lipinski definition) is 5. The smallest absolute Gasteiger partial charge is 0.272 e. The third kappa shape index (κ3) is 3.70. The van der Waals surface area contributed by atoms with Crippen molar-refractivity contribution in [1.29, 1.82) is 0 Å². The first kappa shape index (κ1) is 19.7. The average molecular weight is 471 g/mol. The number of benzene rings is 1. The molecule has 6 nitrogen and oxygen atoms in total. The molecular formula is C21H19BrN4O2S. The number of hydrogen-bond donors (Lipinski definition) is 1. The number of halogens is 1. The summed E-state index contributed by atoms with van der Waals surface area (Å²) in [6.45, 7) is 6.00. The van der Waals surface area contributed by atoms with Gasteiger partial charge in [0, 0.05) is 22.1 Å². The molecule has 4 aromatic rings. The number of aryl methyl sites for hydroxylation is 3. The molecule has 0 unspecified atom stereocenters. The van der Waals surface area contributed by atoms with E-state index in [1.165, 1.54) is 15.9 Å². The lowest BCUT2D eigenvalue weighted by Gasteiger charge is -2.11. The Morgan fingerprint density at radius 2 is 1.97 bits per heavy atom. The van der Waals surface area contributed by atoms with Crippen LogP contribution in [0, 0.1) is 20.8 Å². The molecule has 0 saturated carbocycles. The second kappa shape index (κ2) is 7.68. The fourth-order valence-electron chi connectivity index (χ4n) is 3.39. The molecule has 3 heterocycles.